The summed E-state index contributed by atoms with van der Waals surface area (Å²) in [5, 5.41) is 0. The number of nitrogens with zero attached hydrogens (tertiary/aromatic N) is 3. The Hall–Kier alpha value is -1.77. The second-order valence-corrected chi connectivity index (χ2v) is 2.71. The first-order valence-corrected chi connectivity index (χ1v) is 4.20. The van der Waals surface area contributed by atoms with Gasteiger partial charge in [0.15, 0.2) is 0 Å². The monoisotopic (exact) mass is 173 g/mol. The summed E-state index contributed by atoms with van der Waals surface area (Å²) in [7, 11) is 0. The van der Waals surface area contributed by atoms with Gasteiger partial charge in [0.25, 0.3) is 0 Å². The average Bonchev–Trinajstić information content (AvgIpc) is 2.76. The van der Waals surface area contributed by atoms with Crippen LogP contribution >= 0.6 is 0 Å². The molecule has 0 saturated heterocycles. The van der Waals surface area contributed by atoms with Crippen LogP contribution in [-0.4, -0.2) is 14.1 Å². The third-order valence-electron chi connectivity index (χ3n) is 1.90. The van der Waals surface area contributed by atoms with Crippen molar-refractivity contribution in [3.05, 3.63) is 55.1 Å². The summed E-state index contributed by atoms with van der Waals surface area (Å²) in [4.78, 5) is 4.01. The van der Waals surface area contributed by atoms with E-state index < -0.39 is 0 Å². The minimum Gasteiger partial charge on any atom is -0.310 e. The molecule has 2 aromatic rings. The maximum absolute atomic E-state index is 4.01. The molecule has 0 amide bonds. The number of aromatic nitrogens is 3. The first kappa shape index (κ1) is 7.86. The van der Waals surface area contributed by atoms with Crippen molar-refractivity contribution in [2.24, 2.45) is 0 Å². The first-order chi connectivity index (χ1) is 6.42. The smallest absolute Gasteiger partial charge is 0.117 e. The molecule has 0 atom stereocenters. The highest BCUT2D eigenvalue weighted by Gasteiger charge is 1.98. The third kappa shape index (κ3) is 1.40. The van der Waals surface area contributed by atoms with E-state index in [2.05, 4.69) is 4.98 Å². The van der Waals surface area contributed by atoms with Crippen LogP contribution in [0.2, 0.25) is 0 Å². The van der Waals surface area contributed by atoms with E-state index >= 15 is 0 Å². The van der Waals surface area contributed by atoms with Crippen LogP contribution in [0.5, 0.6) is 0 Å². The average molecular weight is 173 g/mol. The molecule has 3 nitrogen and oxygen atoms in total. The summed E-state index contributed by atoms with van der Waals surface area (Å²) in [5.74, 6) is 1.09. The van der Waals surface area contributed by atoms with E-state index in [-0.39, 0.29) is 0 Å². The lowest BCUT2D eigenvalue weighted by Crippen LogP contribution is -2.06. The SMILES string of the molecule is C/C=C(\n1cccc1)n1ccnc1. The van der Waals surface area contributed by atoms with Crippen molar-refractivity contribution < 1.29 is 0 Å². The van der Waals surface area contributed by atoms with E-state index in [4.69, 9.17) is 0 Å². The lowest BCUT2D eigenvalue weighted by atomic mass is 10.5. The Morgan fingerprint density at radius 2 is 1.92 bits per heavy atom. The summed E-state index contributed by atoms with van der Waals surface area (Å²) in [6, 6.07) is 4.00. The van der Waals surface area contributed by atoms with Crippen LogP contribution in [-0.2, 0) is 0 Å². The molecule has 0 aromatic carbocycles. The van der Waals surface area contributed by atoms with Gasteiger partial charge in [-0.2, -0.15) is 0 Å². The predicted octanol–water partition coefficient (Wildman–Crippen LogP) is 1.87. The van der Waals surface area contributed by atoms with Gasteiger partial charge < -0.3 is 4.57 Å². The number of imidazole rings is 1. The molecule has 0 spiro atoms. The Kier molecular flexibility index (Phi) is 2.00. The van der Waals surface area contributed by atoms with Crippen molar-refractivity contribution >= 4 is 0 Å². The summed E-state index contributed by atoms with van der Waals surface area (Å²) in [6.45, 7) is 2.01. The molecular formula is C10H11N3. The molecule has 0 bridgehead atoms. The molecule has 0 saturated carbocycles. The number of hydrogen-bond donors (Lipinski definition) is 0. The fourth-order valence-corrected chi connectivity index (χ4v) is 1.31. The van der Waals surface area contributed by atoms with Gasteiger partial charge in [-0.05, 0) is 25.1 Å². The highest BCUT2D eigenvalue weighted by Crippen LogP contribution is 2.02. The molecule has 0 fully saturated rings. The molecule has 66 valence electrons. The molecule has 0 N–H and O–H groups in total. The van der Waals surface area contributed by atoms with E-state index in [1.807, 2.05) is 52.9 Å². The molecule has 0 aliphatic rings. The lowest BCUT2D eigenvalue weighted by Gasteiger charge is -2.08. The molecule has 13 heavy (non-hydrogen) atoms. The van der Waals surface area contributed by atoms with Crippen molar-refractivity contribution in [1.29, 1.82) is 0 Å². The molecule has 2 aromatic heterocycles. The van der Waals surface area contributed by atoms with Gasteiger partial charge in [0.1, 0.15) is 12.1 Å². The van der Waals surface area contributed by atoms with Crippen molar-refractivity contribution in [2.75, 3.05) is 0 Å². The highest BCUT2D eigenvalue weighted by molar-refractivity contribution is 5.03. The van der Waals surface area contributed by atoms with Gasteiger partial charge >= 0.3 is 0 Å². The van der Waals surface area contributed by atoms with Crippen LogP contribution in [0.25, 0.3) is 0 Å². The van der Waals surface area contributed by atoms with Crippen molar-refractivity contribution in [2.45, 2.75) is 6.92 Å². The second-order valence-electron chi connectivity index (χ2n) is 2.71. The maximum Gasteiger partial charge on any atom is 0.117 e. The van der Waals surface area contributed by atoms with Gasteiger partial charge in [0.05, 0.1) is 0 Å². The molecule has 0 unspecified atom stereocenters. The van der Waals surface area contributed by atoms with Gasteiger partial charge in [0.2, 0.25) is 0 Å². The fourth-order valence-electron chi connectivity index (χ4n) is 1.31. The molecule has 0 aliphatic carbocycles. The number of rotatable bonds is 2. The zero-order valence-electron chi connectivity index (χ0n) is 7.46. The summed E-state index contributed by atoms with van der Waals surface area (Å²) in [5.41, 5.74) is 0. The Labute approximate surface area is 77.0 Å². The van der Waals surface area contributed by atoms with E-state index in [0.29, 0.717) is 0 Å². The molecular weight excluding hydrogens is 162 g/mol. The van der Waals surface area contributed by atoms with Crippen molar-refractivity contribution in [1.82, 2.24) is 14.1 Å². The zero-order valence-corrected chi connectivity index (χ0v) is 7.46. The maximum atomic E-state index is 4.01. The Bertz CT molecular complexity index is 345. The van der Waals surface area contributed by atoms with Crippen molar-refractivity contribution in [3.63, 3.8) is 0 Å². The van der Waals surface area contributed by atoms with E-state index in [0.717, 1.165) is 5.82 Å². The normalized spacial score (nSPS) is 11.9. The van der Waals surface area contributed by atoms with Crippen LogP contribution in [0.1, 0.15) is 6.92 Å². The van der Waals surface area contributed by atoms with E-state index in [9.17, 15) is 0 Å². The predicted molar refractivity (Wildman–Crippen MR) is 50.9 cm³/mol. The molecule has 2 heterocycles. The number of allylic oxidation sites excluding steroid dienone is 1. The van der Waals surface area contributed by atoms with Gasteiger partial charge in [-0.3, -0.25) is 4.57 Å². The molecule has 3 heteroatoms. The summed E-state index contributed by atoms with van der Waals surface area (Å²) >= 11 is 0. The summed E-state index contributed by atoms with van der Waals surface area (Å²) in [6.07, 6.45) is 11.5. The Balaban J connectivity index is 2.42. The van der Waals surface area contributed by atoms with Crippen LogP contribution in [0.4, 0.5) is 0 Å². The Morgan fingerprint density at radius 1 is 1.15 bits per heavy atom. The van der Waals surface area contributed by atoms with Gasteiger partial charge in [-0.1, -0.05) is 0 Å². The highest BCUT2D eigenvalue weighted by atomic mass is 15.2. The van der Waals surface area contributed by atoms with E-state index in [1.165, 1.54) is 0 Å². The Morgan fingerprint density at radius 3 is 2.46 bits per heavy atom. The van der Waals surface area contributed by atoms with Gasteiger partial charge in [-0.25, -0.2) is 4.98 Å². The van der Waals surface area contributed by atoms with Gasteiger partial charge in [0, 0.05) is 24.8 Å². The standard InChI is InChI=1S/C10H11N3/c1-2-10(12-6-3-4-7-12)13-8-5-11-9-13/h2-9H,1H3/b10-2+. The first-order valence-electron chi connectivity index (χ1n) is 4.20. The zero-order chi connectivity index (χ0) is 9.10. The van der Waals surface area contributed by atoms with Crippen LogP contribution in [0, 0.1) is 5.82 Å². The topological polar surface area (TPSA) is 22.8 Å². The van der Waals surface area contributed by atoms with Crippen LogP contribution in [0.3, 0.4) is 0 Å². The molecule has 2 rings (SSSR count). The largest absolute Gasteiger partial charge is 0.310 e. The van der Waals surface area contributed by atoms with Crippen molar-refractivity contribution in [3.8, 4) is 0 Å². The minimum absolute atomic E-state index is 1.09. The lowest BCUT2D eigenvalue weighted by molar-refractivity contribution is 0.755. The van der Waals surface area contributed by atoms with Crippen LogP contribution < -0.4 is 0 Å². The quantitative estimate of drug-likeness (QED) is 0.679. The molecule has 0 radical (unpaired) electrons. The molecule has 0 aliphatic heterocycles. The van der Waals surface area contributed by atoms with Crippen LogP contribution in [0.15, 0.2) is 49.3 Å². The second kappa shape index (κ2) is 3.31. The minimum atomic E-state index is 1.09. The summed E-state index contributed by atoms with van der Waals surface area (Å²) < 4.78 is 4.02. The van der Waals surface area contributed by atoms with Gasteiger partial charge in [-0.15, -0.1) is 0 Å². The fraction of sp³-hybridized carbons (Fsp3) is 0.100. The third-order valence-corrected chi connectivity index (χ3v) is 1.90. The number of hydrogen-bond acceptors (Lipinski definition) is 1. The van der Waals surface area contributed by atoms with E-state index in [1.54, 1.807) is 12.5 Å².